The number of amides is 2. The molecule has 2 aliphatic heterocycles. The molecule has 2 heterocycles. The van der Waals surface area contributed by atoms with Crippen LogP contribution in [0.1, 0.15) is 49.3 Å². The van der Waals surface area contributed by atoms with Crippen molar-refractivity contribution in [2.45, 2.75) is 72.7 Å². The number of sulfone groups is 1. The third-order valence-corrected chi connectivity index (χ3v) is 11.7. The van der Waals surface area contributed by atoms with Gasteiger partial charge < -0.3 is 9.80 Å². The van der Waals surface area contributed by atoms with E-state index in [0.29, 0.717) is 31.6 Å². The van der Waals surface area contributed by atoms with Gasteiger partial charge in [-0.2, -0.15) is 26.3 Å². The third kappa shape index (κ3) is 4.85. The number of aryl methyl sites for hydroxylation is 1. The number of rotatable bonds is 5. The standard InChI is InChI=1S/C29H28F8N2O4S/c1-17(40)38-12-10-18(16-38)14-25(41)39-13-11-26(44(42,43)22-6-4-21(30)5-7-22)23-8-3-20(15-19(23)2-9-24(26)39)27(31,28(32,33)34)29(35,36)37/h3-8,15,18,24H,2,9-14,16H2,1H3/t18-,24-,26-/m1/s1. The summed E-state index contributed by atoms with van der Waals surface area (Å²) in [6, 6.07) is 4.21. The molecule has 6 nitrogen and oxygen atoms in total. The number of carbonyl (C=O) groups excluding carboxylic acids is 2. The molecule has 2 fully saturated rings. The fraction of sp³-hybridized carbons (Fsp3) is 0.517. The lowest BCUT2D eigenvalue weighted by atomic mass is 9.76. The quantitative estimate of drug-likeness (QED) is 0.312. The van der Waals surface area contributed by atoms with Crippen LogP contribution in [0.3, 0.4) is 0 Å². The first-order chi connectivity index (χ1) is 20.3. The summed E-state index contributed by atoms with van der Waals surface area (Å²) in [6.45, 7) is 2.11. The van der Waals surface area contributed by atoms with Gasteiger partial charge in [0.1, 0.15) is 10.6 Å². The van der Waals surface area contributed by atoms with Gasteiger partial charge in [-0.25, -0.2) is 17.2 Å². The molecule has 0 aromatic heterocycles. The average Bonchev–Trinajstić information content (AvgIpc) is 3.57. The van der Waals surface area contributed by atoms with Crippen LogP contribution in [0.25, 0.3) is 0 Å². The minimum Gasteiger partial charge on any atom is -0.343 e. The molecule has 1 aliphatic carbocycles. The molecule has 0 bridgehead atoms. The van der Waals surface area contributed by atoms with E-state index >= 15 is 0 Å². The molecule has 0 radical (unpaired) electrons. The van der Waals surface area contributed by atoms with Gasteiger partial charge in [-0.15, -0.1) is 0 Å². The number of likely N-dealkylation sites (tertiary alicyclic amines) is 2. The number of benzene rings is 2. The lowest BCUT2D eigenvalue weighted by Crippen LogP contribution is -2.53. The topological polar surface area (TPSA) is 74.8 Å². The van der Waals surface area contributed by atoms with Gasteiger partial charge >= 0.3 is 18.0 Å². The number of halogens is 8. The van der Waals surface area contributed by atoms with Crippen LogP contribution in [0.4, 0.5) is 35.1 Å². The number of nitrogens with zero attached hydrogens (tertiary/aromatic N) is 2. The Hall–Kier alpha value is -3.23. The lowest BCUT2D eigenvalue weighted by Gasteiger charge is -2.43. The Labute approximate surface area is 247 Å². The fourth-order valence-corrected chi connectivity index (χ4v) is 9.37. The maximum Gasteiger partial charge on any atom is 0.435 e. The van der Waals surface area contributed by atoms with Crippen molar-refractivity contribution in [1.82, 2.24) is 9.80 Å². The van der Waals surface area contributed by atoms with Crippen molar-refractivity contribution >= 4 is 21.7 Å². The van der Waals surface area contributed by atoms with Crippen molar-refractivity contribution in [3.8, 4) is 0 Å². The van der Waals surface area contributed by atoms with E-state index < -0.39 is 55.9 Å². The van der Waals surface area contributed by atoms with Crippen LogP contribution >= 0.6 is 0 Å². The highest BCUT2D eigenvalue weighted by Crippen LogP contribution is 2.56. The molecule has 2 saturated heterocycles. The van der Waals surface area contributed by atoms with E-state index in [2.05, 4.69) is 0 Å². The zero-order valence-electron chi connectivity index (χ0n) is 23.3. The van der Waals surface area contributed by atoms with Gasteiger partial charge in [-0.3, -0.25) is 9.59 Å². The van der Waals surface area contributed by atoms with E-state index in [4.69, 9.17) is 0 Å². The average molecular weight is 653 g/mol. The monoisotopic (exact) mass is 652 g/mol. The number of hydrogen-bond donors (Lipinski definition) is 0. The Kier molecular flexibility index (Phi) is 7.82. The van der Waals surface area contributed by atoms with Gasteiger partial charge in [0.2, 0.25) is 11.8 Å². The molecule has 15 heteroatoms. The molecule has 0 saturated carbocycles. The van der Waals surface area contributed by atoms with Crippen molar-refractivity contribution in [3.63, 3.8) is 0 Å². The molecule has 0 unspecified atom stereocenters. The number of fused-ring (bicyclic) bond motifs is 3. The van der Waals surface area contributed by atoms with Crippen LogP contribution in [0.15, 0.2) is 47.4 Å². The molecular formula is C29H28F8N2O4S. The van der Waals surface area contributed by atoms with Gasteiger partial charge in [-0.05, 0) is 67.0 Å². The molecule has 44 heavy (non-hydrogen) atoms. The molecule has 5 rings (SSSR count). The molecule has 2 aromatic rings. The minimum absolute atomic E-state index is 0.000285. The van der Waals surface area contributed by atoms with Gasteiger partial charge in [0, 0.05) is 38.5 Å². The first kappa shape index (κ1) is 32.2. The maximum absolute atomic E-state index is 15.0. The summed E-state index contributed by atoms with van der Waals surface area (Å²) < 4.78 is 137. The number of hydrogen-bond acceptors (Lipinski definition) is 4. The highest BCUT2D eigenvalue weighted by molar-refractivity contribution is 7.92. The van der Waals surface area contributed by atoms with Gasteiger partial charge in [-0.1, -0.05) is 18.2 Å². The Morgan fingerprint density at radius 2 is 1.57 bits per heavy atom. The van der Waals surface area contributed by atoms with E-state index in [-0.39, 0.29) is 60.1 Å². The Balaban J connectivity index is 1.60. The van der Waals surface area contributed by atoms with E-state index in [9.17, 15) is 53.1 Å². The van der Waals surface area contributed by atoms with Crippen LogP contribution < -0.4 is 0 Å². The molecule has 240 valence electrons. The smallest absolute Gasteiger partial charge is 0.343 e. The molecule has 0 spiro atoms. The largest absolute Gasteiger partial charge is 0.435 e. The van der Waals surface area contributed by atoms with Crippen LogP contribution in [-0.2, 0) is 36.3 Å². The van der Waals surface area contributed by atoms with Gasteiger partial charge in [0.25, 0.3) is 0 Å². The lowest BCUT2D eigenvalue weighted by molar-refractivity contribution is -0.348. The molecule has 3 aliphatic rings. The van der Waals surface area contributed by atoms with E-state index in [1.54, 1.807) is 4.90 Å². The summed E-state index contributed by atoms with van der Waals surface area (Å²) in [7, 11) is -4.56. The summed E-state index contributed by atoms with van der Waals surface area (Å²) in [4.78, 5) is 27.9. The first-order valence-corrected chi connectivity index (χ1v) is 15.3. The van der Waals surface area contributed by atoms with Crippen LogP contribution in [-0.4, -0.2) is 68.1 Å². The van der Waals surface area contributed by atoms with E-state index in [0.717, 1.165) is 30.3 Å². The second kappa shape index (κ2) is 10.7. The van der Waals surface area contributed by atoms with Crippen LogP contribution in [0, 0.1) is 11.7 Å². The number of carbonyl (C=O) groups is 2. The first-order valence-electron chi connectivity index (χ1n) is 13.9. The summed E-state index contributed by atoms with van der Waals surface area (Å²) >= 11 is 0. The summed E-state index contributed by atoms with van der Waals surface area (Å²) in [5.41, 5.74) is -7.79. The second-order valence-electron chi connectivity index (χ2n) is 11.6. The maximum atomic E-state index is 15.0. The fourth-order valence-electron chi connectivity index (χ4n) is 7.00. The molecule has 0 N–H and O–H groups in total. The van der Waals surface area contributed by atoms with Crippen molar-refractivity contribution < 1.29 is 53.1 Å². The van der Waals surface area contributed by atoms with Crippen molar-refractivity contribution in [3.05, 3.63) is 65.0 Å². The van der Waals surface area contributed by atoms with Crippen molar-refractivity contribution in [2.24, 2.45) is 5.92 Å². The predicted octanol–water partition coefficient (Wildman–Crippen LogP) is 5.59. The number of alkyl halides is 7. The molecular weight excluding hydrogens is 624 g/mol. The van der Waals surface area contributed by atoms with Crippen LogP contribution in [0.5, 0.6) is 0 Å². The molecule has 2 amide bonds. The summed E-state index contributed by atoms with van der Waals surface area (Å²) in [5, 5.41) is 0. The third-order valence-electron chi connectivity index (χ3n) is 9.18. The molecule has 3 atom stereocenters. The Bertz CT molecular complexity index is 1560. The van der Waals surface area contributed by atoms with Gasteiger partial charge in [0.15, 0.2) is 9.84 Å². The highest BCUT2D eigenvalue weighted by atomic mass is 32.2. The highest BCUT2D eigenvalue weighted by Gasteiger charge is 2.74. The Morgan fingerprint density at radius 1 is 0.932 bits per heavy atom. The SMILES string of the molecule is CC(=O)N1CC[C@H](CC(=O)N2CC[C@@]3(S(=O)(=O)c4ccc(F)cc4)c4ccc(C(F)(C(F)(F)F)C(F)(F)F)cc4CC[C@@H]23)C1. The summed E-state index contributed by atoms with van der Waals surface area (Å²) in [5.74, 6) is -1.48. The van der Waals surface area contributed by atoms with Crippen molar-refractivity contribution in [2.75, 3.05) is 19.6 Å². The normalized spacial score (nSPS) is 24.3. The van der Waals surface area contributed by atoms with Crippen LogP contribution in [0.2, 0.25) is 0 Å². The van der Waals surface area contributed by atoms with Crippen molar-refractivity contribution in [1.29, 1.82) is 0 Å². The zero-order chi connectivity index (χ0) is 32.5. The van der Waals surface area contributed by atoms with E-state index in [1.165, 1.54) is 11.8 Å². The Morgan fingerprint density at radius 3 is 2.14 bits per heavy atom. The summed E-state index contributed by atoms with van der Waals surface area (Å²) in [6.07, 6.45) is -12.8. The predicted molar refractivity (Wildman–Crippen MR) is 140 cm³/mol. The molecule has 2 aromatic carbocycles. The van der Waals surface area contributed by atoms with Gasteiger partial charge in [0.05, 0.1) is 10.9 Å². The van der Waals surface area contributed by atoms with E-state index in [1.807, 2.05) is 0 Å². The zero-order valence-corrected chi connectivity index (χ0v) is 24.1. The minimum atomic E-state index is -6.36. The second-order valence-corrected chi connectivity index (χ2v) is 13.8.